The fourth-order valence-electron chi connectivity index (χ4n) is 12.2. The number of aliphatic imine (C=N–C) groups is 2. The third kappa shape index (κ3) is 23.5. The Morgan fingerprint density at radius 2 is 1.12 bits per heavy atom. The largest absolute Gasteiger partial charge is 0.506 e. The van der Waals surface area contributed by atoms with Crippen molar-refractivity contribution in [3.05, 3.63) is 176 Å². The molecule has 0 fully saturated rings. The lowest BCUT2D eigenvalue weighted by Gasteiger charge is -2.35. The molecule has 3 aliphatic rings. The van der Waals surface area contributed by atoms with Crippen LogP contribution in [0.2, 0.25) is 87.1 Å². The van der Waals surface area contributed by atoms with Crippen molar-refractivity contribution in [3.63, 3.8) is 0 Å². The number of guanidine groups is 2. The molecule has 1 amide bonds. The predicted octanol–water partition coefficient (Wildman–Crippen LogP) is 15.4. The van der Waals surface area contributed by atoms with Gasteiger partial charge in [-0.3, -0.25) is 30.2 Å². The Kier molecular flexibility index (Phi) is 29.3. The van der Waals surface area contributed by atoms with Gasteiger partial charge in [0, 0.05) is 113 Å². The number of H-pyrrole nitrogens is 1. The Labute approximate surface area is 690 Å². The Morgan fingerprint density at radius 1 is 0.632 bits per heavy atom. The van der Waals surface area contributed by atoms with Crippen LogP contribution in [0.3, 0.4) is 0 Å². The van der Waals surface area contributed by atoms with E-state index in [1.807, 2.05) is 104 Å². The maximum atomic E-state index is 13.2. The zero-order valence-corrected chi connectivity index (χ0v) is 74.6. The smallest absolute Gasteiger partial charge is 0.444 e. The molecule has 0 bridgehead atoms. The van der Waals surface area contributed by atoms with Gasteiger partial charge in [-0.15, -0.1) is 22.7 Å². The maximum absolute atomic E-state index is 13.2. The summed E-state index contributed by atoms with van der Waals surface area (Å²) in [5.41, 5.74) is 15.0. The monoisotopic (exact) mass is 1720 g/mol. The van der Waals surface area contributed by atoms with Crippen LogP contribution in [0.5, 0.6) is 0 Å². The molecule has 2 aliphatic heterocycles. The number of nitrogens with two attached hydrogens (primary N) is 1. The quantitative estimate of drug-likeness (QED) is 0.0350. The summed E-state index contributed by atoms with van der Waals surface area (Å²) in [5.74, 6) is -0.646. The highest BCUT2D eigenvalue weighted by Gasteiger charge is 2.45. The minimum atomic E-state index is -3.84. The summed E-state index contributed by atoms with van der Waals surface area (Å²) >= 11 is 16.1. The van der Waals surface area contributed by atoms with Gasteiger partial charge in [0.05, 0.1) is 97.3 Å². The number of amides is 1. The molecule has 36 heteroatoms. The van der Waals surface area contributed by atoms with Crippen LogP contribution >= 0.6 is 45.9 Å². The first kappa shape index (κ1) is 90.0. The maximum Gasteiger partial charge on any atom is 0.506 e. The second-order valence-corrected chi connectivity index (χ2v) is 56.6. The highest BCUT2D eigenvalue weighted by Crippen LogP contribution is 2.47. The standard InChI is InChI=1S/C27H38ClN5O5S2Si.C17H17ClN4O2S2.C13H21BN2O3Si.C13H20N2OSi.C7H6N2.CH4/c1-26(2,3)38-25(34)30-24-31-27(4,16-40(35,36)32(24)5)23-18(28)14-22(39-23)21-15-19-20(10-9-11-29-19)33(21)17-37-12-13-41(6,7)8;1-17(9-26(23,24)22(2)16(19)21-17)15-12(18)8-14(25-15)11-6-10-4-3-5-20-13(10)7-11;1-20(2,3)8-7-19-10-16-12-5-4-6-15-11(12)9-13(16)14(17)18;1-17(2,3)10-9-16-11-15-8-6-12-13(15)5-4-7-14-12;1-2-6-7(8-4-1)3-5-9-6;/h9-11,14-15H,12-13,16-17H2,1-8H3,(H,30,31,34);3-5,7-8H,6,9H2,1-2H3,(H2,19,21);4-6,9,17-18H,7-8,10H2,1-3H3;4-8H,9-11H2,1-3H3;1-5,9H;1H4/t27-;17-;;;;/m00..../s1. The van der Waals surface area contributed by atoms with Crippen LogP contribution in [-0.2, 0) is 76.7 Å². The van der Waals surface area contributed by atoms with Crippen LogP contribution < -0.4 is 16.6 Å². The second-order valence-electron chi connectivity index (χ2n) is 32.8. The number of fused-ring (bicyclic) bond motifs is 5. The van der Waals surface area contributed by atoms with Gasteiger partial charge in [-0.05, 0) is 161 Å². The number of aromatic amines is 1. The fourth-order valence-corrected chi connectivity index (χ4v) is 20.8. The van der Waals surface area contributed by atoms with E-state index in [2.05, 4.69) is 125 Å². The lowest BCUT2D eigenvalue weighted by atomic mass is 9.86. The first-order valence-corrected chi connectivity index (χ1v) is 53.6. The van der Waals surface area contributed by atoms with Gasteiger partial charge in [0.2, 0.25) is 32.0 Å². The van der Waals surface area contributed by atoms with E-state index < -0.39 is 74.2 Å². The van der Waals surface area contributed by atoms with Crippen molar-refractivity contribution in [2.24, 2.45) is 15.7 Å². The van der Waals surface area contributed by atoms with Crippen LogP contribution in [-0.4, -0.2) is 179 Å². The summed E-state index contributed by atoms with van der Waals surface area (Å²) < 4.78 is 82.0. The molecular weight excluding hydrogens is 1620 g/mol. The first-order chi connectivity index (χ1) is 53.0. The van der Waals surface area contributed by atoms with E-state index in [4.69, 9.17) is 47.9 Å². The van der Waals surface area contributed by atoms with Crippen molar-refractivity contribution < 1.29 is 50.6 Å². The molecule has 11 aromatic rings. The number of hydrogen-bond acceptors (Lipinski definition) is 21. The number of alkyl carbamates (subject to hydrolysis) is 1. The Bertz CT molecular complexity index is 5480. The summed E-state index contributed by atoms with van der Waals surface area (Å²) in [6, 6.07) is 34.2. The number of thiophene rings is 2. The molecule has 11 aromatic heterocycles. The van der Waals surface area contributed by atoms with Crippen LogP contribution in [0.1, 0.15) is 67.9 Å². The van der Waals surface area contributed by atoms with Gasteiger partial charge in [0.25, 0.3) is 0 Å². The first-order valence-electron chi connectivity index (χ1n) is 36.9. The Balaban J connectivity index is 0.000000175. The molecule has 0 saturated heterocycles. The summed E-state index contributed by atoms with van der Waals surface area (Å²) in [7, 11) is -9.48. The summed E-state index contributed by atoms with van der Waals surface area (Å²) in [6.45, 7) is 33.0. The van der Waals surface area contributed by atoms with Gasteiger partial charge >= 0.3 is 13.2 Å². The SMILES string of the molecule is C.CN1C(N)=N[C@](C)(c2sc(C3=Cc4ncccc4C3)cc2Cl)CS1(=O)=O.CN1C(NC(=O)OC(C)(C)C)=N[C@](C)(c2sc(-c3cc4ncccc4n3COCC[Si](C)(C)C)cc2Cl)CS1(=O)=O.C[Si](C)(C)CCOCn1c(B(O)O)cc2ncccc21.C[Si](C)(C)CCOCn1ccc2ncccc21.c1cnc2cc[nH]c2c1. The number of hydrogen-bond donors (Lipinski definition) is 5. The molecule has 6 N–H and O–H groups in total. The molecule has 0 unspecified atom stereocenters. The van der Waals surface area contributed by atoms with Gasteiger partial charge in [0.15, 0.2) is 0 Å². The van der Waals surface area contributed by atoms with Crippen molar-refractivity contribution in [1.29, 1.82) is 0 Å². The average molecular weight is 1720 g/mol. The van der Waals surface area contributed by atoms with Gasteiger partial charge in [-0.2, -0.15) is 0 Å². The van der Waals surface area contributed by atoms with E-state index in [1.54, 1.807) is 70.0 Å². The Morgan fingerprint density at radius 3 is 1.68 bits per heavy atom. The third-order valence-electron chi connectivity index (χ3n) is 18.4. The number of carbonyl (C=O) groups excluding carboxylic acids is 1. The number of ether oxygens (including phenoxy) is 4. The van der Waals surface area contributed by atoms with Crippen LogP contribution in [0.25, 0.3) is 66.4 Å². The summed E-state index contributed by atoms with van der Waals surface area (Å²) in [6.07, 6.45) is 14.8. The minimum absolute atomic E-state index is 0. The molecule has 14 rings (SSSR count). The van der Waals surface area contributed by atoms with E-state index in [-0.39, 0.29) is 30.9 Å². The number of sulfonamides is 2. The van der Waals surface area contributed by atoms with E-state index in [1.165, 1.54) is 48.4 Å². The van der Waals surface area contributed by atoms with E-state index in [9.17, 15) is 31.7 Å². The second kappa shape index (κ2) is 37.1. The summed E-state index contributed by atoms with van der Waals surface area (Å²) in [5, 5.41) is 22.3. The number of pyridine rings is 5. The predicted molar refractivity (Wildman–Crippen MR) is 474 cm³/mol. The molecule has 26 nitrogen and oxygen atoms in total. The molecule has 0 radical (unpaired) electrons. The molecule has 0 spiro atoms. The highest BCUT2D eigenvalue weighted by atomic mass is 35.5. The van der Waals surface area contributed by atoms with Crippen molar-refractivity contribution in [1.82, 2.24) is 57.5 Å². The number of carbonyl (C=O) groups is 1. The van der Waals surface area contributed by atoms with Gasteiger partial charge in [-0.1, -0.05) is 95.6 Å². The summed E-state index contributed by atoms with van der Waals surface area (Å²) in [4.78, 5) is 49.3. The van der Waals surface area contributed by atoms with Crippen molar-refractivity contribution in [3.8, 4) is 10.6 Å². The molecule has 2 atom stereocenters. The Hall–Kier alpha value is -7.94. The third-order valence-corrected chi connectivity index (χ3v) is 31.1. The average Bonchev–Trinajstić information content (AvgIpc) is 1.46. The zero-order valence-electron chi connectivity index (χ0n) is 66.8. The normalized spacial score (nSPS) is 17.2. The van der Waals surface area contributed by atoms with E-state index >= 15 is 0 Å². The highest BCUT2D eigenvalue weighted by molar-refractivity contribution is 7.90. The molecule has 0 aromatic carbocycles. The number of rotatable bonds is 20. The van der Waals surface area contributed by atoms with Crippen LogP contribution in [0, 0.1) is 0 Å². The van der Waals surface area contributed by atoms with Gasteiger partial charge in [0.1, 0.15) is 36.9 Å². The molecule has 13 heterocycles. The van der Waals surface area contributed by atoms with Crippen molar-refractivity contribution >= 4 is 177 Å². The molecule has 0 saturated carbocycles. The van der Waals surface area contributed by atoms with E-state index in [0.29, 0.717) is 58.8 Å². The zero-order chi connectivity index (χ0) is 82.2. The fraction of sp³-hybridized carbons (Fsp3) is 0.410. The number of aromatic nitrogens is 9. The minimum Gasteiger partial charge on any atom is -0.444 e. The number of nitrogens with one attached hydrogen (secondary N) is 2. The molecule has 1 aliphatic carbocycles. The van der Waals surface area contributed by atoms with Crippen molar-refractivity contribution in [2.75, 3.05) is 45.4 Å². The molecule has 612 valence electrons. The van der Waals surface area contributed by atoms with E-state index in [0.717, 1.165) is 105 Å². The lowest BCUT2D eigenvalue weighted by molar-refractivity contribution is 0.0558. The topological polar surface area (TPSA) is 327 Å². The number of nitrogens with zero attached hydrogens (tertiary/aromatic N) is 12. The van der Waals surface area contributed by atoms with Gasteiger partial charge in [-0.25, -0.2) is 40.2 Å². The van der Waals surface area contributed by atoms with Crippen LogP contribution in [0.15, 0.2) is 150 Å². The lowest BCUT2D eigenvalue weighted by Crippen LogP contribution is -2.53. The van der Waals surface area contributed by atoms with Crippen LogP contribution in [0.4, 0.5) is 4.79 Å². The molecule has 114 heavy (non-hydrogen) atoms. The molecular formula is C78H106BCl2N15O11S4Si3. The number of allylic oxidation sites excluding steroid dienone is 1. The van der Waals surface area contributed by atoms with Gasteiger partial charge < -0.3 is 53.4 Å². The number of halogens is 2. The van der Waals surface area contributed by atoms with Crippen molar-refractivity contribution in [2.45, 2.75) is 162 Å².